The lowest BCUT2D eigenvalue weighted by Crippen LogP contribution is -2.37. The van der Waals surface area contributed by atoms with Gasteiger partial charge in [0, 0.05) is 17.0 Å². The van der Waals surface area contributed by atoms with Crippen LogP contribution in [-0.4, -0.2) is 14.7 Å². The molecule has 1 aliphatic carbocycles. The number of hydrogen-bond donors (Lipinski definition) is 1. The molecule has 0 fully saturated rings. The SMILES string of the molecule is N#Cc1ccc2c(c1)CCCC2NC(=O)CC(c1ccccc1)N(c1ccc2ccccc2c1)S(=O)[O-]. The van der Waals surface area contributed by atoms with Crippen LogP contribution in [0.4, 0.5) is 5.69 Å². The van der Waals surface area contributed by atoms with Crippen LogP contribution in [0.15, 0.2) is 91.0 Å². The second-order valence-electron chi connectivity index (χ2n) is 9.24. The highest BCUT2D eigenvalue weighted by molar-refractivity contribution is 7.80. The van der Waals surface area contributed by atoms with Crippen LogP contribution in [0.1, 0.15) is 53.6 Å². The zero-order valence-corrected chi connectivity index (χ0v) is 21.0. The third kappa shape index (κ3) is 5.41. The Bertz CT molecular complexity index is 1500. The van der Waals surface area contributed by atoms with Gasteiger partial charge in [-0.3, -0.25) is 13.3 Å². The van der Waals surface area contributed by atoms with Crippen molar-refractivity contribution in [2.45, 2.75) is 37.8 Å². The molecule has 0 heterocycles. The number of nitrogens with one attached hydrogen (secondary N) is 1. The van der Waals surface area contributed by atoms with Crippen molar-refractivity contribution in [2.24, 2.45) is 0 Å². The topological polar surface area (TPSA) is 96.3 Å². The van der Waals surface area contributed by atoms with Crippen LogP contribution in [0, 0.1) is 11.3 Å². The highest BCUT2D eigenvalue weighted by Gasteiger charge is 2.28. The maximum absolute atomic E-state index is 13.4. The molecule has 0 saturated heterocycles. The molecular weight excluding hydrogens is 482 g/mol. The van der Waals surface area contributed by atoms with Gasteiger partial charge < -0.3 is 9.87 Å². The van der Waals surface area contributed by atoms with Crippen molar-refractivity contribution < 1.29 is 13.6 Å². The maximum Gasteiger partial charge on any atom is 0.222 e. The minimum absolute atomic E-state index is 0.0348. The molecule has 1 N–H and O–H groups in total. The Morgan fingerprint density at radius 3 is 2.54 bits per heavy atom. The number of fused-ring (bicyclic) bond motifs is 2. The molecular formula is C30H26N3O3S-. The number of nitriles is 1. The molecule has 0 aromatic heterocycles. The summed E-state index contributed by atoms with van der Waals surface area (Å²) in [6, 6.07) is 29.4. The van der Waals surface area contributed by atoms with Crippen molar-refractivity contribution in [3.63, 3.8) is 0 Å². The Balaban J connectivity index is 1.45. The van der Waals surface area contributed by atoms with Crippen molar-refractivity contribution >= 4 is 33.6 Å². The van der Waals surface area contributed by atoms with E-state index < -0.39 is 17.3 Å². The highest BCUT2D eigenvalue weighted by Crippen LogP contribution is 2.34. The predicted octanol–water partition coefficient (Wildman–Crippen LogP) is 5.64. The molecule has 0 aliphatic heterocycles. The van der Waals surface area contributed by atoms with E-state index in [0.29, 0.717) is 11.3 Å². The summed E-state index contributed by atoms with van der Waals surface area (Å²) in [5, 5.41) is 14.3. The first-order valence-corrected chi connectivity index (χ1v) is 13.3. The van der Waals surface area contributed by atoms with E-state index in [1.165, 1.54) is 4.31 Å². The number of benzene rings is 4. The van der Waals surface area contributed by atoms with Gasteiger partial charge in [-0.05, 0) is 71.0 Å². The molecule has 0 spiro atoms. The maximum atomic E-state index is 13.4. The van der Waals surface area contributed by atoms with Gasteiger partial charge in [0.1, 0.15) is 0 Å². The smallest absolute Gasteiger partial charge is 0.222 e. The van der Waals surface area contributed by atoms with Crippen LogP contribution in [-0.2, 0) is 22.5 Å². The molecule has 0 radical (unpaired) electrons. The van der Waals surface area contributed by atoms with Gasteiger partial charge in [0.15, 0.2) is 0 Å². The van der Waals surface area contributed by atoms with Gasteiger partial charge in [0.05, 0.1) is 30.1 Å². The average Bonchev–Trinajstić information content (AvgIpc) is 2.92. The normalized spacial score (nSPS) is 16.3. The third-order valence-electron chi connectivity index (χ3n) is 6.92. The number of aryl methyl sites for hydroxylation is 1. The quantitative estimate of drug-likeness (QED) is 0.327. The lowest BCUT2D eigenvalue weighted by molar-refractivity contribution is -0.122. The van der Waals surface area contributed by atoms with Crippen LogP contribution in [0.2, 0.25) is 0 Å². The average molecular weight is 509 g/mol. The van der Waals surface area contributed by atoms with Crippen LogP contribution in [0.25, 0.3) is 10.8 Å². The molecule has 4 aromatic rings. The van der Waals surface area contributed by atoms with E-state index in [4.69, 9.17) is 0 Å². The van der Waals surface area contributed by atoms with Gasteiger partial charge in [0.2, 0.25) is 5.91 Å². The molecule has 4 aromatic carbocycles. The third-order valence-corrected chi connectivity index (χ3v) is 7.70. The Morgan fingerprint density at radius 1 is 1.03 bits per heavy atom. The number of hydrogen-bond acceptors (Lipinski definition) is 4. The fraction of sp³-hybridized carbons (Fsp3) is 0.200. The van der Waals surface area contributed by atoms with Gasteiger partial charge >= 0.3 is 0 Å². The van der Waals surface area contributed by atoms with Crippen molar-refractivity contribution in [1.29, 1.82) is 5.26 Å². The minimum Gasteiger partial charge on any atom is -0.755 e. The molecule has 7 heteroatoms. The Morgan fingerprint density at radius 2 is 1.78 bits per heavy atom. The van der Waals surface area contributed by atoms with Gasteiger partial charge in [-0.1, -0.05) is 66.7 Å². The van der Waals surface area contributed by atoms with Crippen LogP contribution >= 0.6 is 0 Å². The lowest BCUT2D eigenvalue weighted by atomic mass is 9.86. The van der Waals surface area contributed by atoms with E-state index in [0.717, 1.165) is 46.7 Å². The second-order valence-corrected chi connectivity index (χ2v) is 10.1. The Labute approximate surface area is 219 Å². The van der Waals surface area contributed by atoms with E-state index in [1.807, 2.05) is 78.9 Å². The van der Waals surface area contributed by atoms with Crippen molar-refractivity contribution in [3.05, 3.63) is 113 Å². The zero-order valence-electron chi connectivity index (χ0n) is 20.2. The zero-order chi connectivity index (χ0) is 25.8. The number of carbonyl (C=O) groups excluding carboxylic acids is 1. The fourth-order valence-electron chi connectivity index (χ4n) is 5.16. The lowest BCUT2D eigenvalue weighted by Gasteiger charge is -2.35. The predicted molar refractivity (Wildman–Crippen MR) is 144 cm³/mol. The van der Waals surface area contributed by atoms with E-state index in [1.54, 1.807) is 12.1 Å². The number of rotatable bonds is 7. The van der Waals surface area contributed by atoms with Gasteiger partial charge in [-0.15, -0.1) is 0 Å². The van der Waals surface area contributed by atoms with Gasteiger partial charge in [-0.25, -0.2) is 0 Å². The van der Waals surface area contributed by atoms with E-state index >= 15 is 0 Å². The molecule has 5 rings (SSSR count). The van der Waals surface area contributed by atoms with Crippen molar-refractivity contribution in [1.82, 2.24) is 5.32 Å². The number of carbonyl (C=O) groups is 1. The summed E-state index contributed by atoms with van der Waals surface area (Å²) in [5.74, 6) is -0.229. The van der Waals surface area contributed by atoms with E-state index in [2.05, 4.69) is 11.4 Å². The Hall–Kier alpha value is -3.99. The van der Waals surface area contributed by atoms with E-state index in [9.17, 15) is 18.8 Å². The first-order valence-electron chi connectivity index (χ1n) is 12.3. The summed E-state index contributed by atoms with van der Waals surface area (Å²) in [6.45, 7) is 0. The van der Waals surface area contributed by atoms with Crippen LogP contribution in [0.5, 0.6) is 0 Å². The second kappa shape index (κ2) is 11.0. The first kappa shape index (κ1) is 24.7. The molecule has 0 bridgehead atoms. The molecule has 6 nitrogen and oxygen atoms in total. The number of amides is 1. The monoisotopic (exact) mass is 508 g/mol. The Kier molecular flexibility index (Phi) is 7.31. The number of nitrogens with zero attached hydrogens (tertiary/aromatic N) is 2. The molecule has 186 valence electrons. The molecule has 37 heavy (non-hydrogen) atoms. The minimum atomic E-state index is -2.62. The molecule has 3 unspecified atom stereocenters. The first-order chi connectivity index (χ1) is 18.0. The summed E-state index contributed by atoms with van der Waals surface area (Å²) in [6.07, 6.45) is 2.53. The van der Waals surface area contributed by atoms with Gasteiger partial charge in [-0.2, -0.15) is 5.26 Å². The summed E-state index contributed by atoms with van der Waals surface area (Å²) in [4.78, 5) is 13.4. The molecule has 3 atom stereocenters. The molecule has 1 amide bonds. The van der Waals surface area contributed by atoms with Crippen LogP contribution < -0.4 is 9.62 Å². The summed E-state index contributed by atoms with van der Waals surface area (Å²) >= 11 is -2.62. The summed E-state index contributed by atoms with van der Waals surface area (Å²) in [5.41, 5.74) is 3.94. The largest absolute Gasteiger partial charge is 0.755 e. The highest BCUT2D eigenvalue weighted by atomic mass is 32.2. The molecule has 1 aliphatic rings. The summed E-state index contributed by atoms with van der Waals surface area (Å²) < 4.78 is 26.5. The van der Waals surface area contributed by atoms with Crippen molar-refractivity contribution in [3.8, 4) is 6.07 Å². The fourth-order valence-corrected chi connectivity index (χ4v) is 5.85. The number of anilines is 1. The van der Waals surface area contributed by atoms with E-state index in [-0.39, 0.29) is 18.4 Å². The summed E-state index contributed by atoms with van der Waals surface area (Å²) in [7, 11) is 0. The van der Waals surface area contributed by atoms with Crippen molar-refractivity contribution in [2.75, 3.05) is 4.31 Å². The standard InChI is InChI=1S/C30H27N3O3S/c31-20-21-13-16-27-25(17-21)11-6-12-28(27)32-30(34)19-29(23-8-2-1-3-9-23)33(37(35)36)26-15-14-22-7-4-5-10-24(22)18-26/h1-5,7-10,13-18,28-29H,6,11-12,19H2,(H,32,34)(H,35,36)/p-1. The van der Waals surface area contributed by atoms with Crippen LogP contribution in [0.3, 0.4) is 0 Å². The molecule has 0 saturated carbocycles. The van der Waals surface area contributed by atoms with Gasteiger partial charge in [0.25, 0.3) is 0 Å².